The van der Waals surface area contributed by atoms with Crippen molar-refractivity contribution in [1.82, 2.24) is 0 Å². The standard InChI is InChI=1S/C16H12O2/c1-11-10-13-8-5-9-14(15(13)16(17)18-11)12-6-3-2-4-7-12/h2-10H,1H3. The molecule has 0 amide bonds. The van der Waals surface area contributed by atoms with E-state index in [1.165, 1.54) is 0 Å². The van der Waals surface area contributed by atoms with Crippen LogP contribution < -0.4 is 5.63 Å². The highest BCUT2D eigenvalue weighted by Crippen LogP contribution is 2.26. The van der Waals surface area contributed by atoms with Crippen molar-refractivity contribution in [3.8, 4) is 11.1 Å². The SMILES string of the molecule is Cc1cc2cccc(-c3ccccc3)c2c(=O)o1. The number of fused-ring (bicyclic) bond motifs is 1. The molecule has 0 saturated heterocycles. The minimum Gasteiger partial charge on any atom is -0.428 e. The molecule has 2 heteroatoms. The van der Waals surface area contributed by atoms with Crippen molar-refractivity contribution in [1.29, 1.82) is 0 Å². The molecular weight excluding hydrogens is 224 g/mol. The fraction of sp³-hybridized carbons (Fsp3) is 0.0625. The Morgan fingerprint density at radius 3 is 2.50 bits per heavy atom. The van der Waals surface area contributed by atoms with Gasteiger partial charge in [0.2, 0.25) is 0 Å². The van der Waals surface area contributed by atoms with E-state index in [0.717, 1.165) is 16.5 Å². The van der Waals surface area contributed by atoms with Crippen LogP contribution >= 0.6 is 0 Å². The van der Waals surface area contributed by atoms with E-state index < -0.39 is 0 Å². The van der Waals surface area contributed by atoms with Gasteiger partial charge in [-0.25, -0.2) is 4.79 Å². The molecule has 0 atom stereocenters. The Bertz CT molecular complexity index is 755. The van der Waals surface area contributed by atoms with Gasteiger partial charge in [-0.2, -0.15) is 0 Å². The van der Waals surface area contributed by atoms with Crippen LogP contribution in [0.25, 0.3) is 21.9 Å². The summed E-state index contributed by atoms with van der Waals surface area (Å²) in [4.78, 5) is 12.0. The van der Waals surface area contributed by atoms with E-state index in [1.54, 1.807) is 6.92 Å². The third-order valence-electron chi connectivity index (χ3n) is 3.00. The molecule has 3 aromatic rings. The van der Waals surface area contributed by atoms with Crippen LogP contribution in [0.5, 0.6) is 0 Å². The van der Waals surface area contributed by atoms with Gasteiger partial charge in [-0.1, -0.05) is 48.5 Å². The van der Waals surface area contributed by atoms with Crippen LogP contribution in [0.15, 0.2) is 63.8 Å². The molecule has 0 bridgehead atoms. The monoisotopic (exact) mass is 236 g/mol. The van der Waals surface area contributed by atoms with Crippen molar-refractivity contribution in [2.24, 2.45) is 0 Å². The number of hydrogen-bond acceptors (Lipinski definition) is 2. The summed E-state index contributed by atoms with van der Waals surface area (Å²) in [6, 6.07) is 17.6. The Balaban J connectivity index is 2.41. The second-order valence-corrected chi connectivity index (χ2v) is 4.28. The zero-order valence-electron chi connectivity index (χ0n) is 10.0. The number of hydrogen-bond donors (Lipinski definition) is 0. The minimum atomic E-state index is -0.274. The normalized spacial score (nSPS) is 10.7. The van der Waals surface area contributed by atoms with Crippen LogP contribution in [0.4, 0.5) is 0 Å². The summed E-state index contributed by atoms with van der Waals surface area (Å²) in [7, 11) is 0. The van der Waals surface area contributed by atoms with Crippen LogP contribution in [0.2, 0.25) is 0 Å². The van der Waals surface area contributed by atoms with Gasteiger partial charge in [0, 0.05) is 0 Å². The highest BCUT2D eigenvalue weighted by molar-refractivity contribution is 5.95. The van der Waals surface area contributed by atoms with Crippen LogP contribution in [0.3, 0.4) is 0 Å². The fourth-order valence-electron chi connectivity index (χ4n) is 2.22. The van der Waals surface area contributed by atoms with Crippen molar-refractivity contribution in [3.05, 3.63) is 70.8 Å². The summed E-state index contributed by atoms with van der Waals surface area (Å²) in [5, 5.41) is 1.57. The zero-order chi connectivity index (χ0) is 12.5. The van der Waals surface area contributed by atoms with Gasteiger partial charge in [0.15, 0.2) is 0 Å². The van der Waals surface area contributed by atoms with Crippen LogP contribution in [0, 0.1) is 6.92 Å². The Labute approximate surface area is 105 Å². The maximum atomic E-state index is 12.0. The van der Waals surface area contributed by atoms with E-state index >= 15 is 0 Å². The molecule has 18 heavy (non-hydrogen) atoms. The number of aryl methyl sites for hydroxylation is 1. The third-order valence-corrected chi connectivity index (χ3v) is 3.00. The van der Waals surface area contributed by atoms with E-state index in [9.17, 15) is 4.79 Å². The molecule has 0 N–H and O–H groups in total. The molecule has 1 aromatic heterocycles. The summed E-state index contributed by atoms with van der Waals surface area (Å²) in [6.07, 6.45) is 0. The Morgan fingerprint density at radius 1 is 0.944 bits per heavy atom. The predicted octanol–water partition coefficient (Wildman–Crippen LogP) is 3.77. The molecule has 2 nitrogen and oxygen atoms in total. The average Bonchev–Trinajstić information content (AvgIpc) is 2.38. The summed E-state index contributed by atoms with van der Waals surface area (Å²) < 4.78 is 5.20. The van der Waals surface area contributed by atoms with Gasteiger partial charge in [0.25, 0.3) is 0 Å². The lowest BCUT2D eigenvalue weighted by molar-refractivity contribution is 0.488. The zero-order valence-corrected chi connectivity index (χ0v) is 10.0. The van der Waals surface area contributed by atoms with E-state index in [-0.39, 0.29) is 5.63 Å². The second-order valence-electron chi connectivity index (χ2n) is 4.28. The van der Waals surface area contributed by atoms with Crippen molar-refractivity contribution < 1.29 is 4.42 Å². The van der Waals surface area contributed by atoms with E-state index in [0.29, 0.717) is 11.1 Å². The molecule has 0 aliphatic heterocycles. The maximum absolute atomic E-state index is 12.0. The average molecular weight is 236 g/mol. The molecular formula is C16H12O2. The summed E-state index contributed by atoms with van der Waals surface area (Å²) >= 11 is 0. The highest BCUT2D eigenvalue weighted by atomic mass is 16.4. The molecule has 0 aliphatic carbocycles. The van der Waals surface area contributed by atoms with Gasteiger partial charge in [-0.05, 0) is 29.5 Å². The maximum Gasteiger partial charge on any atom is 0.344 e. The summed E-state index contributed by atoms with van der Waals surface area (Å²) in [5.74, 6) is 0.637. The highest BCUT2D eigenvalue weighted by Gasteiger charge is 2.08. The van der Waals surface area contributed by atoms with Crippen molar-refractivity contribution in [2.75, 3.05) is 0 Å². The van der Waals surface area contributed by atoms with E-state index in [4.69, 9.17) is 4.42 Å². The quantitative estimate of drug-likeness (QED) is 0.643. The molecule has 1 heterocycles. The van der Waals surface area contributed by atoms with Crippen molar-refractivity contribution in [2.45, 2.75) is 6.92 Å². The van der Waals surface area contributed by atoms with Crippen LogP contribution in [-0.2, 0) is 0 Å². The molecule has 88 valence electrons. The Kier molecular flexibility index (Phi) is 2.49. The van der Waals surface area contributed by atoms with E-state index in [1.807, 2.05) is 54.6 Å². The molecule has 0 fully saturated rings. The number of benzene rings is 2. The first-order chi connectivity index (χ1) is 8.75. The molecule has 0 radical (unpaired) electrons. The topological polar surface area (TPSA) is 30.2 Å². The van der Waals surface area contributed by atoms with Gasteiger partial charge < -0.3 is 4.42 Å². The molecule has 0 saturated carbocycles. The first-order valence-electron chi connectivity index (χ1n) is 5.84. The third kappa shape index (κ3) is 1.72. The van der Waals surface area contributed by atoms with Gasteiger partial charge in [0.05, 0.1) is 5.39 Å². The molecule has 3 rings (SSSR count). The van der Waals surface area contributed by atoms with Gasteiger partial charge >= 0.3 is 5.63 Å². The first-order valence-corrected chi connectivity index (χ1v) is 5.84. The molecule has 0 spiro atoms. The largest absolute Gasteiger partial charge is 0.428 e. The Hall–Kier alpha value is -2.35. The van der Waals surface area contributed by atoms with Crippen molar-refractivity contribution in [3.63, 3.8) is 0 Å². The van der Waals surface area contributed by atoms with Crippen LogP contribution in [-0.4, -0.2) is 0 Å². The predicted molar refractivity (Wildman–Crippen MR) is 72.7 cm³/mol. The molecule has 2 aromatic carbocycles. The smallest absolute Gasteiger partial charge is 0.344 e. The fourth-order valence-corrected chi connectivity index (χ4v) is 2.22. The van der Waals surface area contributed by atoms with Crippen molar-refractivity contribution >= 4 is 10.8 Å². The lowest BCUT2D eigenvalue weighted by atomic mass is 10.00. The summed E-state index contributed by atoms with van der Waals surface area (Å²) in [5.41, 5.74) is 1.67. The lowest BCUT2D eigenvalue weighted by Gasteiger charge is -2.05. The lowest BCUT2D eigenvalue weighted by Crippen LogP contribution is -2.02. The second kappa shape index (κ2) is 4.15. The summed E-state index contributed by atoms with van der Waals surface area (Å²) in [6.45, 7) is 1.79. The van der Waals surface area contributed by atoms with Gasteiger partial charge in [0.1, 0.15) is 5.76 Å². The van der Waals surface area contributed by atoms with Gasteiger partial charge in [-0.15, -0.1) is 0 Å². The van der Waals surface area contributed by atoms with Gasteiger partial charge in [-0.3, -0.25) is 0 Å². The molecule has 0 aliphatic rings. The van der Waals surface area contributed by atoms with E-state index in [2.05, 4.69) is 0 Å². The Morgan fingerprint density at radius 2 is 1.72 bits per heavy atom. The minimum absolute atomic E-state index is 0.274. The molecule has 0 unspecified atom stereocenters. The number of rotatable bonds is 1. The van der Waals surface area contributed by atoms with Crippen LogP contribution in [0.1, 0.15) is 5.76 Å². The first kappa shape index (κ1) is 10.8.